The summed E-state index contributed by atoms with van der Waals surface area (Å²) in [4.78, 5) is 49.9. The van der Waals surface area contributed by atoms with Crippen molar-refractivity contribution in [2.75, 3.05) is 13.2 Å². The summed E-state index contributed by atoms with van der Waals surface area (Å²) in [6.07, 6.45) is 0.300. The van der Waals surface area contributed by atoms with E-state index < -0.39 is 29.9 Å². The van der Waals surface area contributed by atoms with Crippen molar-refractivity contribution in [3.05, 3.63) is 12.2 Å². The van der Waals surface area contributed by atoms with Crippen molar-refractivity contribution in [3.63, 3.8) is 0 Å². The first-order valence-electron chi connectivity index (χ1n) is 6.32. The Morgan fingerprint density at radius 1 is 1.24 bits per heavy atom. The van der Waals surface area contributed by atoms with Gasteiger partial charge in [0.15, 0.2) is 6.04 Å². The standard InChI is InChI=1S/C13H17NO7/c1-8(2)12(17)19-6-7-20-13(18)10-4-5-11(16)14(10)21-9(3)15/h10H,1,4-7H2,2-3H3. The minimum absolute atomic E-state index is 0.0949. The minimum Gasteiger partial charge on any atom is -0.460 e. The van der Waals surface area contributed by atoms with Gasteiger partial charge in [0.1, 0.15) is 13.2 Å². The van der Waals surface area contributed by atoms with E-state index in [0.717, 1.165) is 12.0 Å². The zero-order valence-corrected chi connectivity index (χ0v) is 11.9. The summed E-state index contributed by atoms with van der Waals surface area (Å²) in [7, 11) is 0. The predicted molar refractivity (Wildman–Crippen MR) is 68.4 cm³/mol. The number of esters is 2. The third-order valence-electron chi connectivity index (χ3n) is 2.57. The number of nitrogens with zero attached hydrogens (tertiary/aromatic N) is 1. The molecule has 1 unspecified atom stereocenters. The summed E-state index contributed by atoms with van der Waals surface area (Å²) in [6, 6.07) is -0.960. The molecule has 0 spiro atoms. The molecule has 0 aromatic heterocycles. The van der Waals surface area contributed by atoms with E-state index in [0.29, 0.717) is 0 Å². The molecule has 1 fully saturated rings. The number of carbonyl (C=O) groups is 4. The van der Waals surface area contributed by atoms with E-state index in [1.165, 1.54) is 6.92 Å². The highest BCUT2D eigenvalue weighted by molar-refractivity contribution is 5.88. The van der Waals surface area contributed by atoms with Gasteiger partial charge in [-0.1, -0.05) is 6.58 Å². The molecule has 0 radical (unpaired) electrons. The molecule has 0 bridgehead atoms. The van der Waals surface area contributed by atoms with Gasteiger partial charge in [0.25, 0.3) is 5.91 Å². The summed E-state index contributed by atoms with van der Waals surface area (Å²) < 4.78 is 9.63. The smallest absolute Gasteiger partial charge is 0.333 e. The van der Waals surface area contributed by atoms with Crippen LogP contribution in [0.5, 0.6) is 0 Å². The van der Waals surface area contributed by atoms with Gasteiger partial charge in [-0.2, -0.15) is 5.06 Å². The average Bonchev–Trinajstić information content (AvgIpc) is 2.75. The van der Waals surface area contributed by atoms with Crippen LogP contribution in [0.2, 0.25) is 0 Å². The second kappa shape index (κ2) is 7.41. The summed E-state index contributed by atoms with van der Waals surface area (Å²) in [5.41, 5.74) is 0.240. The van der Waals surface area contributed by atoms with Crippen molar-refractivity contribution in [2.24, 2.45) is 0 Å². The topological polar surface area (TPSA) is 99.2 Å². The summed E-state index contributed by atoms with van der Waals surface area (Å²) in [5.74, 6) is -2.45. The molecule has 1 aliphatic heterocycles. The van der Waals surface area contributed by atoms with Crippen LogP contribution in [-0.2, 0) is 33.5 Å². The Labute approximate surface area is 121 Å². The predicted octanol–water partition coefficient (Wildman–Crippen LogP) is 0.118. The summed E-state index contributed by atoms with van der Waals surface area (Å²) >= 11 is 0. The van der Waals surface area contributed by atoms with Gasteiger partial charge in [0.2, 0.25) is 0 Å². The number of rotatable bonds is 6. The van der Waals surface area contributed by atoms with Crippen molar-refractivity contribution in [1.29, 1.82) is 0 Å². The highest BCUT2D eigenvalue weighted by atomic mass is 16.7. The van der Waals surface area contributed by atoms with E-state index >= 15 is 0 Å². The largest absolute Gasteiger partial charge is 0.460 e. The first kappa shape index (κ1) is 16.7. The number of carbonyl (C=O) groups excluding carboxylic acids is 4. The van der Waals surface area contributed by atoms with E-state index in [-0.39, 0.29) is 31.6 Å². The highest BCUT2D eigenvalue weighted by Crippen LogP contribution is 2.20. The minimum atomic E-state index is -0.960. The Balaban J connectivity index is 2.40. The lowest BCUT2D eigenvalue weighted by molar-refractivity contribution is -0.203. The molecule has 0 saturated carbocycles. The molecule has 0 N–H and O–H groups in total. The fraction of sp³-hybridized carbons (Fsp3) is 0.538. The van der Waals surface area contributed by atoms with Gasteiger partial charge in [-0.15, -0.1) is 0 Å². The summed E-state index contributed by atoms with van der Waals surface area (Å²) in [5, 5.41) is 0.727. The molecule has 1 saturated heterocycles. The average molecular weight is 299 g/mol. The van der Waals surface area contributed by atoms with Crippen molar-refractivity contribution in [1.82, 2.24) is 5.06 Å². The van der Waals surface area contributed by atoms with Crippen LogP contribution in [0.15, 0.2) is 12.2 Å². The maximum atomic E-state index is 11.8. The Morgan fingerprint density at radius 2 is 1.86 bits per heavy atom. The molecular formula is C13H17NO7. The van der Waals surface area contributed by atoms with Crippen LogP contribution in [0.1, 0.15) is 26.7 Å². The van der Waals surface area contributed by atoms with Crippen LogP contribution >= 0.6 is 0 Å². The number of hydroxylamine groups is 2. The van der Waals surface area contributed by atoms with Gasteiger partial charge in [-0.05, 0) is 13.3 Å². The Hall–Kier alpha value is -2.38. The molecular weight excluding hydrogens is 282 g/mol. The summed E-state index contributed by atoms with van der Waals surface area (Å²) in [6.45, 7) is 5.75. The monoisotopic (exact) mass is 299 g/mol. The molecule has 8 nitrogen and oxygen atoms in total. The normalized spacial score (nSPS) is 17.3. The lowest BCUT2D eigenvalue weighted by Gasteiger charge is -2.20. The molecule has 116 valence electrons. The zero-order valence-electron chi connectivity index (χ0n) is 11.9. The van der Waals surface area contributed by atoms with Crippen LogP contribution in [0.4, 0.5) is 0 Å². The lowest BCUT2D eigenvalue weighted by Crippen LogP contribution is -2.41. The fourth-order valence-corrected chi connectivity index (χ4v) is 1.62. The van der Waals surface area contributed by atoms with Crippen LogP contribution < -0.4 is 0 Å². The first-order chi connectivity index (χ1) is 9.82. The molecule has 0 aliphatic carbocycles. The third kappa shape index (κ3) is 4.90. The molecule has 0 aromatic rings. The SMILES string of the molecule is C=C(C)C(=O)OCCOC(=O)C1CCC(=O)N1OC(C)=O. The zero-order chi connectivity index (χ0) is 16.0. The quantitative estimate of drug-likeness (QED) is 0.390. The Morgan fingerprint density at radius 3 is 2.43 bits per heavy atom. The van der Waals surface area contributed by atoms with Gasteiger partial charge in [0.05, 0.1) is 0 Å². The molecule has 1 heterocycles. The maximum absolute atomic E-state index is 11.8. The Bertz CT molecular complexity index is 471. The molecule has 1 rings (SSSR count). The second-order valence-corrected chi connectivity index (χ2v) is 4.44. The molecule has 8 heteroatoms. The first-order valence-corrected chi connectivity index (χ1v) is 6.32. The number of amides is 1. The van der Waals surface area contributed by atoms with Gasteiger partial charge in [0, 0.05) is 18.9 Å². The molecule has 1 aliphatic rings. The molecule has 21 heavy (non-hydrogen) atoms. The molecule has 1 amide bonds. The van der Waals surface area contributed by atoms with Crippen LogP contribution in [0, 0.1) is 0 Å². The van der Waals surface area contributed by atoms with Crippen LogP contribution in [0.3, 0.4) is 0 Å². The van der Waals surface area contributed by atoms with Crippen molar-refractivity contribution < 1.29 is 33.5 Å². The van der Waals surface area contributed by atoms with Crippen LogP contribution in [-0.4, -0.2) is 48.1 Å². The lowest BCUT2D eigenvalue weighted by atomic mass is 10.2. The van der Waals surface area contributed by atoms with E-state index in [1.807, 2.05) is 0 Å². The van der Waals surface area contributed by atoms with Crippen molar-refractivity contribution in [3.8, 4) is 0 Å². The van der Waals surface area contributed by atoms with Gasteiger partial charge >= 0.3 is 17.9 Å². The number of hydrogen-bond acceptors (Lipinski definition) is 7. The second-order valence-electron chi connectivity index (χ2n) is 4.44. The third-order valence-corrected chi connectivity index (χ3v) is 2.57. The highest BCUT2D eigenvalue weighted by Gasteiger charge is 2.40. The van der Waals surface area contributed by atoms with Gasteiger partial charge in [-0.3, -0.25) is 9.59 Å². The van der Waals surface area contributed by atoms with Gasteiger partial charge in [-0.25, -0.2) is 9.59 Å². The van der Waals surface area contributed by atoms with Crippen molar-refractivity contribution >= 4 is 23.8 Å². The van der Waals surface area contributed by atoms with Crippen LogP contribution in [0.25, 0.3) is 0 Å². The number of ether oxygens (including phenoxy) is 2. The maximum Gasteiger partial charge on any atom is 0.333 e. The Kier molecular flexibility index (Phi) is 5.89. The van der Waals surface area contributed by atoms with E-state index in [9.17, 15) is 19.2 Å². The molecule has 0 aromatic carbocycles. The van der Waals surface area contributed by atoms with E-state index in [4.69, 9.17) is 9.47 Å². The van der Waals surface area contributed by atoms with Gasteiger partial charge < -0.3 is 14.3 Å². The van der Waals surface area contributed by atoms with E-state index in [2.05, 4.69) is 11.4 Å². The number of hydrogen-bond donors (Lipinski definition) is 0. The molecule has 1 atom stereocenters. The van der Waals surface area contributed by atoms with E-state index in [1.54, 1.807) is 0 Å². The fourth-order valence-electron chi connectivity index (χ4n) is 1.62. The van der Waals surface area contributed by atoms with Crippen molar-refractivity contribution in [2.45, 2.75) is 32.7 Å².